The van der Waals surface area contributed by atoms with Crippen molar-refractivity contribution in [1.82, 2.24) is 0 Å². The summed E-state index contributed by atoms with van der Waals surface area (Å²) in [7, 11) is 1.30. The van der Waals surface area contributed by atoms with Crippen molar-refractivity contribution in [3.8, 4) is 17.2 Å². The number of ether oxygens (including phenoxy) is 2. The number of aldehydes is 1. The standard InChI is InChI=1S/C15H10F3NO5/c1-23-14-6-9(8-20)2-5-13(14)24-10-3-4-12(19(21)22)11(7-10)15(16,17)18/h2-8H,1H3. The van der Waals surface area contributed by atoms with Crippen molar-refractivity contribution in [1.29, 1.82) is 0 Å². The van der Waals surface area contributed by atoms with Gasteiger partial charge >= 0.3 is 6.18 Å². The Bertz CT molecular complexity index is 789. The summed E-state index contributed by atoms with van der Waals surface area (Å²) in [6, 6.07) is 6.37. The van der Waals surface area contributed by atoms with E-state index in [1.165, 1.54) is 25.3 Å². The maximum absolute atomic E-state index is 12.9. The molecule has 24 heavy (non-hydrogen) atoms. The molecule has 0 aliphatic carbocycles. The zero-order chi connectivity index (χ0) is 17.9. The van der Waals surface area contributed by atoms with Crippen molar-refractivity contribution in [2.24, 2.45) is 0 Å². The number of rotatable bonds is 5. The molecule has 0 saturated carbocycles. The van der Waals surface area contributed by atoms with Gasteiger partial charge in [-0.05, 0) is 30.3 Å². The third kappa shape index (κ3) is 3.62. The molecule has 0 saturated heterocycles. The molecule has 0 aliphatic rings. The lowest BCUT2D eigenvalue weighted by Gasteiger charge is -2.13. The van der Waals surface area contributed by atoms with Crippen LogP contribution in [0.3, 0.4) is 0 Å². The molecule has 0 spiro atoms. The van der Waals surface area contributed by atoms with Crippen LogP contribution in [0.15, 0.2) is 36.4 Å². The van der Waals surface area contributed by atoms with E-state index in [9.17, 15) is 28.1 Å². The smallest absolute Gasteiger partial charge is 0.423 e. The summed E-state index contributed by atoms with van der Waals surface area (Å²) in [6.07, 6.45) is -4.34. The molecule has 0 amide bonds. The minimum atomic E-state index is -4.91. The van der Waals surface area contributed by atoms with Gasteiger partial charge in [0.05, 0.1) is 12.0 Å². The number of hydrogen-bond acceptors (Lipinski definition) is 5. The topological polar surface area (TPSA) is 78.7 Å². The normalized spacial score (nSPS) is 11.0. The average molecular weight is 341 g/mol. The predicted octanol–water partition coefficient (Wildman–Crippen LogP) is 4.23. The molecule has 0 aromatic heterocycles. The molecule has 0 bridgehead atoms. The fourth-order valence-corrected chi connectivity index (χ4v) is 1.93. The van der Waals surface area contributed by atoms with Crippen LogP contribution >= 0.6 is 0 Å². The highest BCUT2D eigenvalue weighted by atomic mass is 19.4. The molecule has 6 nitrogen and oxygen atoms in total. The molecule has 0 atom stereocenters. The first-order valence-corrected chi connectivity index (χ1v) is 6.43. The molecular formula is C15H10F3NO5. The second kappa shape index (κ2) is 6.57. The summed E-state index contributed by atoms with van der Waals surface area (Å²) in [6.45, 7) is 0. The van der Waals surface area contributed by atoms with Crippen molar-refractivity contribution in [2.45, 2.75) is 6.18 Å². The Morgan fingerprint density at radius 3 is 2.38 bits per heavy atom. The zero-order valence-corrected chi connectivity index (χ0v) is 12.2. The van der Waals surface area contributed by atoms with E-state index in [0.717, 1.165) is 6.07 Å². The third-order valence-electron chi connectivity index (χ3n) is 3.02. The highest BCUT2D eigenvalue weighted by molar-refractivity contribution is 5.76. The molecule has 2 rings (SSSR count). The number of nitro groups is 1. The zero-order valence-electron chi connectivity index (χ0n) is 12.2. The quantitative estimate of drug-likeness (QED) is 0.462. The van der Waals surface area contributed by atoms with Crippen LogP contribution in [0.25, 0.3) is 0 Å². The van der Waals surface area contributed by atoms with E-state index < -0.39 is 22.4 Å². The molecule has 0 aliphatic heterocycles. The Morgan fingerprint density at radius 1 is 1.12 bits per heavy atom. The van der Waals surface area contributed by atoms with E-state index in [1.807, 2.05) is 0 Å². The first-order chi connectivity index (χ1) is 11.3. The fraction of sp³-hybridized carbons (Fsp3) is 0.133. The van der Waals surface area contributed by atoms with Gasteiger partial charge in [-0.15, -0.1) is 0 Å². The van der Waals surface area contributed by atoms with E-state index in [4.69, 9.17) is 9.47 Å². The van der Waals surface area contributed by atoms with Gasteiger partial charge in [0.25, 0.3) is 5.69 Å². The number of benzene rings is 2. The maximum atomic E-state index is 12.9. The Morgan fingerprint density at radius 2 is 1.83 bits per heavy atom. The molecule has 0 N–H and O–H groups in total. The average Bonchev–Trinajstić information content (AvgIpc) is 2.54. The maximum Gasteiger partial charge on any atom is 0.423 e. The van der Waals surface area contributed by atoms with Gasteiger partial charge in [-0.1, -0.05) is 0 Å². The monoisotopic (exact) mass is 341 g/mol. The van der Waals surface area contributed by atoms with Gasteiger partial charge in [0.15, 0.2) is 11.5 Å². The third-order valence-corrected chi connectivity index (χ3v) is 3.02. The number of carbonyl (C=O) groups excluding carboxylic acids is 1. The number of carbonyl (C=O) groups is 1. The Balaban J connectivity index is 2.44. The summed E-state index contributed by atoms with van der Waals surface area (Å²) in [5.74, 6) is -0.0679. The molecular weight excluding hydrogens is 331 g/mol. The lowest BCUT2D eigenvalue weighted by molar-refractivity contribution is -0.388. The molecule has 126 valence electrons. The largest absolute Gasteiger partial charge is 0.493 e. The van der Waals surface area contributed by atoms with Crippen LogP contribution in [-0.2, 0) is 6.18 Å². The fourth-order valence-electron chi connectivity index (χ4n) is 1.93. The van der Waals surface area contributed by atoms with E-state index in [-0.39, 0.29) is 17.2 Å². The van der Waals surface area contributed by atoms with Gasteiger partial charge in [-0.2, -0.15) is 13.2 Å². The predicted molar refractivity (Wildman–Crippen MR) is 76.6 cm³/mol. The molecule has 0 fully saturated rings. The molecule has 0 unspecified atom stereocenters. The van der Waals surface area contributed by atoms with Crippen LogP contribution in [-0.4, -0.2) is 18.3 Å². The van der Waals surface area contributed by atoms with E-state index in [2.05, 4.69) is 0 Å². The van der Waals surface area contributed by atoms with Crippen molar-refractivity contribution < 1.29 is 32.4 Å². The van der Waals surface area contributed by atoms with E-state index >= 15 is 0 Å². The Labute approximate surface area is 133 Å². The van der Waals surface area contributed by atoms with Gasteiger partial charge in [0, 0.05) is 11.6 Å². The lowest BCUT2D eigenvalue weighted by Crippen LogP contribution is -2.09. The second-order valence-corrected chi connectivity index (χ2v) is 4.56. The van der Waals surface area contributed by atoms with Gasteiger partial charge in [0.1, 0.15) is 17.6 Å². The summed E-state index contributed by atoms with van der Waals surface area (Å²) >= 11 is 0. The molecule has 0 heterocycles. The molecule has 9 heteroatoms. The summed E-state index contributed by atoms with van der Waals surface area (Å²) in [4.78, 5) is 20.3. The van der Waals surface area contributed by atoms with Crippen LogP contribution in [0, 0.1) is 10.1 Å². The summed E-state index contributed by atoms with van der Waals surface area (Å²) < 4.78 is 49.2. The van der Waals surface area contributed by atoms with Crippen LogP contribution < -0.4 is 9.47 Å². The number of nitrogens with zero attached hydrogens (tertiary/aromatic N) is 1. The van der Waals surface area contributed by atoms with Crippen LogP contribution in [0.1, 0.15) is 15.9 Å². The number of methoxy groups -OCH3 is 1. The minimum absolute atomic E-state index is 0.0603. The number of nitro benzene ring substituents is 1. The van der Waals surface area contributed by atoms with Crippen molar-refractivity contribution in [2.75, 3.05) is 7.11 Å². The Hall–Kier alpha value is -3.10. The van der Waals surface area contributed by atoms with E-state index in [0.29, 0.717) is 24.0 Å². The lowest BCUT2D eigenvalue weighted by atomic mass is 10.1. The number of halogens is 3. The van der Waals surface area contributed by atoms with Crippen molar-refractivity contribution in [3.63, 3.8) is 0 Å². The van der Waals surface area contributed by atoms with Crippen LogP contribution in [0.5, 0.6) is 17.2 Å². The first kappa shape index (κ1) is 17.3. The van der Waals surface area contributed by atoms with E-state index in [1.54, 1.807) is 0 Å². The molecule has 2 aromatic carbocycles. The number of alkyl halides is 3. The van der Waals surface area contributed by atoms with Crippen molar-refractivity contribution >= 4 is 12.0 Å². The Kier molecular flexibility index (Phi) is 4.72. The number of hydrogen-bond donors (Lipinski definition) is 0. The highest BCUT2D eigenvalue weighted by Gasteiger charge is 2.38. The van der Waals surface area contributed by atoms with Crippen LogP contribution in [0.2, 0.25) is 0 Å². The summed E-state index contributed by atoms with van der Waals surface area (Å²) in [5, 5.41) is 10.7. The minimum Gasteiger partial charge on any atom is -0.493 e. The van der Waals surface area contributed by atoms with Crippen molar-refractivity contribution in [3.05, 3.63) is 57.6 Å². The highest BCUT2D eigenvalue weighted by Crippen LogP contribution is 2.40. The van der Waals surface area contributed by atoms with Gasteiger partial charge in [0.2, 0.25) is 0 Å². The molecule has 0 radical (unpaired) electrons. The molecule has 2 aromatic rings. The van der Waals surface area contributed by atoms with Gasteiger partial charge < -0.3 is 9.47 Å². The summed E-state index contributed by atoms with van der Waals surface area (Å²) in [5.41, 5.74) is -2.20. The van der Waals surface area contributed by atoms with Gasteiger partial charge in [-0.3, -0.25) is 14.9 Å². The SMILES string of the molecule is COc1cc(C=O)ccc1Oc1ccc([N+](=O)[O-])c(C(F)(F)F)c1. The van der Waals surface area contributed by atoms with Crippen LogP contribution in [0.4, 0.5) is 18.9 Å². The first-order valence-electron chi connectivity index (χ1n) is 6.43. The second-order valence-electron chi connectivity index (χ2n) is 4.56. The van der Waals surface area contributed by atoms with Gasteiger partial charge in [-0.25, -0.2) is 0 Å².